The maximum atomic E-state index is 11.8. The Morgan fingerprint density at radius 2 is 2.00 bits per heavy atom. The second kappa shape index (κ2) is 7.10. The minimum atomic E-state index is -0.509. The number of carbonyl (C=O) groups is 3. The summed E-state index contributed by atoms with van der Waals surface area (Å²) in [6.45, 7) is 1.02. The number of imide groups is 1. The third-order valence-corrected chi connectivity index (χ3v) is 2.54. The van der Waals surface area contributed by atoms with E-state index in [2.05, 4.69) is 5.32 Å². The second-order valence-corrected chi connectivity index (χ2v) is 3.81. The van der Waals surface area contributed by atoms with E-state index in [0.29, 0.717) is 6.29 Å². The summed E-state index contributed by atoms with van der Waals surface area (Å²) in [4.78, 5) is 34.3. The monoisotopic (exact) mass is 260 g/mol. The van der Waals surface area contributed by atoms with Crippen molar-refractivity contribution in [1.29, 1.82) is 0 Å². The first-order valence-corrected chi connectivity index (χ1v) is 5.80. The van der Waals surface area contributed by atoms with E-state index in [1.807, 2.05) is 24.3 Å². The van der Waals surface area contributed by atoms with Crippen molar-refractivity contribution in [2.75, 3.05) is 18.9 Å². The molecule has 0 aliphatic carbocycles. The molecular formula is C14H16N2O3. The average Bonchev–Trinajstić information content (AvgIpc) is 2.42. The molecule has 0 saturated carbocycles. The van der Waals surface area contributed by atoms with Crippen molar-refractivity contribution < 1.29 is 14.4 Å². The predicted octanol–water partition coefficient (Wildman–Crippen LogP) is 1.32. The third-order valence-electron chi connectivity index (χ3n) is 2.54. The summed E-state index contributed by atoms with van der Waals surface area (Å²) in [7, 11) is 1.78. The van der Waals surface area contributed by atoms with Gasteiger partial charge in [0.1, 0.15) is 6.29 Å². The van der Waals surface area contributed by atoms with E-state index in [1.54, 1.807) is 13.1 Å². The molecule has 1 aromatic carbocycles. The van der Waals surface area contributed by atoms with Gasteiger partial charge in [-0.3, -0.25) is 14.5 Å². The minimum absolute atomic E-state index is 0.230. The first kappa shape index (κ1) is 14.6. The van der Waals surface area contributed by atoms with Crippen LogP contribution in [-0.4, -0.2) is 36.6 Å². The number of hydrogen-bond acceptors (Lipinski definition) is 4. The number of rotatable bonds is 5. The number of carbonyl (C=O) groups excluding carboxylic acids is 3. The van der Waals surface area contributed by atoms with E-state index in [1.165, 1.54) is 13.0 Å². The normalized spacial score (nSPS) is 10.2. The number of hydrogen-bond donors (Lipinski definition) is 1. The smallest absolute Gasteiger partial charge is 0.253 e. The number of nitrogens with zero attached hydrogens (tertiary/aromatic N) is 1. The van der Waals surface area contributed by atoms with Crippen LogP contribution in [-0.2, 0) is 14.4 Å². The zero-order chi connectivity index (χ0) is 14.3. The van der Waals surface area contributed by atoms with Crippen LogP contribution in [0.5, 0.6) is 0 Å². The third kappa shape index (κ3) is 4.06. The maximum Gasteiger partial charge on any atom is 0.253 e. The van der Waals surface area contributed by atoms with Gasteiger partial charge in [0.25, 0.3) is 5.91 Å². The van der Waals surface area contributed by atoms with E-state index in [-0.39, 0.29) is 6.54 Å². The van der Waals surface area contributed by atoms with Gasteiger partial charge < -0.3 is 10.1 Å². The second-order valence-electron chi connectivity index (χ2n) is 3.81. The van der Waals surface area contributed by atoms with Gasteiger partial charge >= 0.3 is 0 Å². The van der Waals surface area contributed by atoms with Crippen molar-refractivity contribution in [3.05, 3.63) is 35.9 Å². The number of anilines is 1. The molecule has 1 N–H and O–H groups in total. The quantitative estimate of drug-likeness (QED) is 0.640. The number of nitrogens with one attached hydrogen (secondary N) is 1. The molecule has 0 fully saturated rings. The molecule has 0 aliphatic heterocycles. The molecule has 0 spiro atoms. The Morgan fingerprint density at radius 1 is 1.32 bits per heavy atom. The van der Waals surface area contributed by atoms with Gasteiger partial charge in [-0.05, 0) is 17.7 Å². The molecule has 0 aromatic heterocycles. The van der Waals surface area contributed by atoms with Crippen LogP contribution in [0.25, 0.3) is 6.08 Å². The van der Waals surface area contributed by atoms with Gasteiger partial charge in [0.2, 0.25) is 5.91 Å². The number of aldehydes is 1. The van der Waals surface area contributed by atoms with E-state index >= 15 is 0 Å². The predicted molar refractivity (Wildman–Crippen MR) is 73.5 cm³/mol. The Labute approximate surface area is 111 Å². The molecule has 0 heterocycles. The topological polar surface area (TPSA) is 66.5 Å². The standard InChI is InChI=1S/C14H16N2O3/c1-11(18)16(9-10-17)14(19)8-7-12-5-3-4-6-13(12)15-2/h3-8,10,15H,9H2,1-2H3/b8-7+. The van der Waals surface area contributed by atoms with Crippen molar-refractivity contribution in [1.82, 2.24) is 4.90 Å². The Balaban J connectivity index is 2.88. The fourth-order valence-electron chi connectivity index (χ4n) is 1.57. The number of amides is 2. The molecule has 5 heteroatoms. The molecular weight excluding hydrogens is 244 g/mol. The van der Waals surface area contributed by atoms with Gasteiger partial charge in [-0.2, -0.15) is 0 Å². The van der Waals surface area contributed by atoms with E-state index < -0.39 is 11.8 Å². The van der Waals surface area contributed by atoms with Crippen LogP contribution in [0.4, 0.5) is 5.69 Å². The highest BCUT2D eigenvalue weighted by molar-refractivity contribution is 6.03. The SMILES string of the molecule is CNc1ccccc1/C=C/C(=O)N(CC=O)C(C)=O. The van der Waals surface area contributed by atoms with E-state index in [9.17, 15) is 14.4 Å². The largest absolute Gasteiger partial charge is 0.388 e. The molecule has 2 amide bonds. The fraction of sp³-hybridized carbons (Fsp3) is 0.214. The van der Waals surface area contributed by atoms with Crippen LogP contribution in [0.1, 0.15) is 12.5 Å². The zero-order valence-electron chi connectivity index (χ0n) is 10.9. The summed E-state index contributed by atoms with van der Waals surface area (Å²) in [6, 6.07) is 7.43. The summed E-state index contributed by atoms with van der Waals surface area (Å²) in [5.74, 6) is -0.964. The maximum absolute atomic E-state index is 11.8. The van der Waals surface area contributed by atoms with Crippen LogP contribution in [0.2, 0.25) is 0 Å². The van der Waals surface area contributed by atoms with Crippen molar-refractivity contribution in [2.24, 2.45) is 0 Å². The molecule has 0 saturated heterocycles. The van der Waals surface area contributed by atoms with Gasteiger partial charge in [-0.15, -0.1) is 0 Å². The zero-order valence-corrected chi connectivity index (χ0v) is 10.9. The van der Waals surface area contributed by atoms with Crippen LogP contribution < -0.4 is 5.32 Å². The van der Waals surface area contributed by atoms with Gasteiger partial charge in [0.05, 0.1) is 6.54 Å². The molecule has 5 nitrogen and oxygen atoms in total. The van der Waals surface area contributed by atoms with Gasteiger partial charge in [0.15, 0.2) is 0 Å². The highest BCUT2D eigenvalue weighted by Crippen LogP contribution is 2.15. The molecule has 19 heavy (non-hydrogen) atoms. The van der Waals surface area contributed by atoms with Crippen molar-refractivity contribution in [3.63, 3.8) is 0 Å². The highest BCUT2D eigenvalue weighted by Gasteiger charge is 2.14. The molecule has 0 aliphatic rings. The number of para-hydroxylation sites is 1. The highest BCUT2D eigenvalue weighted by atomic mass is 16.2. The van der Waals surface area contributed by atoms with Crippen molar-refractivity contribution in [2.45, 2.75) is 6.92 Å². The molecule has 100 valence electrons. The summed E-state index contributed by atoms with van der Waals surface area (Å²) < 4.78 is 0. The van der Waals surface area contributed by atoms with E-state index in [4.69, 9.17) is 0 Å². The molecule has 0 radical (unpaired) electrons. The Bertz CT molecular complexity index is 509. The molecule has 1 rings (SSSR count). The van der Waals surface area contributed by atoms with Crippen molar-refractivity contribution >= 4 is 29.9 Å². The Morgan fingerprint density at radius 3 is 2.58 bits per heavy atom. The first-order valence-electron chi connectivity index (χ1n) is 5.80. The van der Waals surface area contributed by atoms with Crippen molar-refractivity contribution in [3.8, 4) is 0 Å². The first-order chi connectivity index (χ1) is 9.10. The lowest BCUT2D eigenvalue weighted by molar-refractivity contribution is -0.141. The van der Waals surface area contributed by atoms with Crippen LogP contribution in [0.15, 0.2) is 30.3 Å². The summed E-state index contributed by atoms with van der Waals surface area (Å²) in [6.07, 6.45) is 3.41. The molecule has 1 aromatic rings. The summed E-state index contributed by atoms with van der Waals surface area (Å²) in [5.41, 5.74) is 1.70. The lowest BCUT2D eigenvalue weighted by atomic mass is 10.1. The average molecular weight is 260 g/mol. The Kier molecular flexibility index (Phi) is 5.47. The van der Waals surface area contributed by atoms with Crippen LogP contribution >= 0.6 is 0 Å². The molecule has 0 bridgehead atoms. The lowest BCUT2D eigenvalue weighted by Gasteiger charge is -2.13. The Hall–Kier alpha value is -2.43. The van der Waals surface area contributed by atoms with E-state index in [0.717, 1.165) is 16.2 Å². The minimum Gasteiger partial charge on any atom is -0.388 e. The van der Waals surface area contributed by atoms with Crippen LogP contribution in [0, 0.1) is 0 Å². The molecule has 0 unspecified atom stereocenters. The van der Waals surface area contributed by atoms with Crippen LogP contribution in [0.3, 0.4) is 0 Å². The molecule has 0 atom stereocenters. The summed E-state index contributed by atoms with van der Waals surface area (Å²) >= 11 is 0. The fourth-order valence-corrected chi connectivity index (χ4v) is 1.57. The van der Waals surface area contributed by atoms with Gasteiger partial charge in [-0.1, -0.05) is 18.2 Å². The number of benzene rings is 1. The summed E-state index contributed by atoms with van der Waals surface area (Å²) in [5, 5.41) is 3.00. The lowest BCUT2D eigenvalue weighted by Crippen LogP contribution is -2.35. The van der Waals surface area contributed by atoms with Gasteiger partial charge in [0, 0.05) is 25.7 Å². The van der Waals surface area contributed by atoms with Gasteiger partial charge in [-0.25, -0.2) is 0 Å².